The highest BCUT2D eigenvalue weighted by Crippen LogP contribution is 2.19. The van der Waals surface area contributed by atoms with Gasteiger partial charge in [0.15, 0.2) is 5.78 Å². The third-order valence-electron chi connectivity index (χ3n) is 2.12. The number of carbonyl (C=O) groups excluding carboxylic acids is 1. The van der Waals surface area contributed by atoms with Gasteiger partial charge in [-0.05, 0) is 19.1 Å². The second-order valence-corrected chi connectivity index (χ2v) is 3.22. The average Bonchev–Trinajstić information content (AvgIpc) is 2.67. The Balaban J connectivity index is 2.46. The minimum Gasteiger partial charge on any atom is -0.506 e. The van der Waals surface area contributed by atoms with Crippen molar-refractivity contribution in [3.8, 4) is 11.4 Å². The van der Waals surface area contributed by atoms with Crippen LogP contribution in [-0.2, 0) is 0 Å². The summed E-state index contributed by atoms with van der Waals surface area (Å²) in [5.41, 5.74) is 1.09. The van der Waals surface area contributed by atoms with Crippen molar-refractivity contribution in [1.29, 1.82) is 0 Å². The maximum Gasteiger partial charge on any atom is 0.162 e. The van der Waals surface area contributed by atoms with Gasteiger partial charge in [-0.25, -0.2) is 4.68 Å². The van der Waals surface area contributed by atoms with Gasteiger partial charge < -0.3 is 5.11 Å². The molecule has 0 aliphatic heterocycles. The van der Waals surface area contributed by atoms with Gasteiger partial charge in [-0.3, -0.25) is 4.79 Å². The first-order valence-electron chi connectivity index (χ1n) is 4.52. The minimum absolute atomic E-state index is 0.0447. The predicted molar refractivity (Wildman–Crippen MR) is 55.2 cm³/mol. The van der Waals surface area contributed by atoms with Crippen molar-refractivity contribution >= 4 is 5.78 Å². The molecular formula is C11H10N2O2. The van der Waals surface area contributed by atoms with Crippen LogP contribution < -0.4 is 0 Å². The van der Waals surface area contributed by atoms with Crippen LogP contribution in [0.4, 0.5) is 0 Å². The van der Waals surface area contributed by atoms with Crippen LogP contribution in [0.25, 0.3) is 5.69 Å². The Bertz CT molecular complexity index is 503. The summed E-state index contributed by atoms with van der Waals surface area (Å²) in [7, 11) is 0. The molecule has 0 spiro atoms. The lowest BCUT2D eigenvalue weighted by Gasteiger charge is -2.02. The lowest BCUT2D eigenvalue weighted by atomic mass is 10.2. The highest BCUT2D eigenvalue weighted by molar-refractivity contribution is 5.93. The molecular weight excluding hydrogens is 192 g/mol. The number of aromatic nitrogens is 2. The summed E-state index contributed by atoms with van der Waals surface area (Å²) in [5, 5.41) is 13.6. The Hall–Kier alpha value is -2.10. The largest absolute Gasteiger partial charge is 0.506 e. The lowest BCUT2D eigenvalue weighted by Crippen LogP contribution is -1.94. The molecule has 1 N–H and O–H groups in total. The molecule has 1 heterocycles. The molecule has 0 radical (unpaired) electrons. The number of nitrogens with zero attached hydrogens (tertiary/aromatic N) is 2. The summed E-state index contributed by atoms with van der Waals surface area (Å²) in [5.74, 6) is 0.0902. The van der Waals surface area contributed by atoms with E-state index in [0.717, 1.165) is 0 Å². The standard InChI is InChI=1S/C11H10N2O2/c1-8(14)9-6-12-13(7-9)10-4-2-3-5-11(10)15/h2-7,15H,1H3. The minimum atomic E-state index is -0.0447. The number of Topliss-reactive ketones (excluding diaryl/α,β-unsaturated/α-hetero) is 1. The van der Waals surface area contributed by atoms with E-state index in [1.165, 1.54) is 17.8 Å². The zero-order valence-electron chi connectivity index (χ0n) is 8.21. The number of para-hydroxylation sites is 2. The molecule has 0 unspecified atom stereocenters. The first-order valence-corrected chi connectivity index (χ1v) is 4.52. The molecule has 1 aromatic carbocycles. The van der Waals surface area contributed by atoms with Gasteiger partial charge in [-0.2, -0.15) is 5.10 Å². The maximum absolute atomic E-state index is 11.1. The number of phenolic OH excluding ortho intramolecular Hbond substituents is 1. The number of rotatable bonds is 2. The number of aromatic hydroxyl groups is 1. The second kappa shape index (κ2) is 3.57. The van der Waals surface area contributed by atoms with Crippen LogP contribution in [0.15, 0.2) is 36.7 Å². The summed E-state index contributed by atoms with van der Waals surface area (Å²) in [6, 6.07) is 6.83. The summed E-state index contributed by atoms with van der Waals surface area (Å²) >= 11 is 0. The summed E-state index contributed by atoms with van der Waals surface area (Å²) in [6.45, 7) is 1.48. The summed E-state index contributed by atoms with van der Waals surface area (Å²) < 4.78 is 1.48. The molecule has 76 valence electrons. The number of benzene rings is 1. The molecule has 0 aliphatic rings. The number of carbonyl (C=O) groups is 1. The zero-order valence-corrected chi connectivity index (χ0v) is 8.21. The van der Waals surface area contributed by atoms with Crippen molar-refractivity contribution in [1.82, 2.24) is 9.78 Å². The van der Waals surface area contributed by atoms with Gasteiger partial charge in [0.05, 0.1) is 11.8 Å². The number of hydrogen-bond acceptors (Lipinski definition) is 3. The molecule has 1 aromatic heterocycles. The molecule has 0 atom stereocenters. The van der Waals surface area contributed by atoms with E-state index >= 15 is 0 Å². The van der Waals surface area contributed by atoms with Crippen molar-refractivity contribution in [2.75, 3.05) is 0 Å². The molecule has 0 bridgehead atoms. The smallest absolute Gasteiger partial charge is 0.162 e. The van der Waals surface area contributed by atoms with E-state index in [-0.39, 0.29) is 11.5 Å². The first-order chi connectivity index (χ1) is 7.18. The van der Waals surface area contributed by atoms with Crippen LogP contribution in [0.2, 0.25) is 0 Å². The van der Waals surface area contributed by atoms with Crippen LogP contribution in [0.1, 0.15) is 17.3 Å². The van der Waals surface area contributed by atoms with Crippen LogP contribution >= 0.6 is 0 Å². The molecule has 0 amide bonds. The van der Waals surface area contributed by atoms with E-state index in [2.05, 4.69) is 5.10 Å². The Kier molecular flexibility index (Phi) is 2.25. The number of ketones is 1. The fourth-order valence-corrected chi connectivity index (χ4v) is 1.29. The van der Waals surface area contributed by atoms with Crippen molar-refractivity contribution in [2.45, 2.75) is 6.92 Å². The fourth-order valence-electron chi connectivity index (χ4n) is 1.29. The normalized spacial score (nSPS) is 10.2. The quantitative estimate of drug-likeness (QED) is 0.755. The predicted octanol–water partition coefficient (Wildman–Crippen LogP) is 1.78. The van der Waals surface area contributed by atoms with Crippen molar-refractivity contribution in [3.63, 3.8) is 0 Å². The van der Waals surface area contributed by atoms with E-state index in [9.17, 15) is 9.90 Å². The van der Waals surface area contributed by atoms with Gasteiger partial charge in [0.1, 0.15) is 11.4 Å². The van der Waals surface area contributed by atoms with E-state index in [4.69, 9.17) is 0 Å². The van der Waals surface area contributed by atoms with E-state index < -0.39 is 0 Å². The number of phenols is 1. The monoisotopic (exact) mass is 202 g/mol. The van der Waals surface area contributed by atoms with E-state index in [1.807, 2.05) is 0 Å². The van der Waals surface area contributed by atoms with E-state index in [1.54, 1.807) is 30.5 Å². The summed E-state index contributed by atoms with van der Waals surface area (Å²) in [4.78, 5) is 11.1. The van der Waals surface area contributed by atoms with Gasteiger partial charge in [0, 0.05) is 6.20 Å². The molecule has 0 saturated carbocycles. The van der Waals surface area contributed by atoms with Crippen LogP contribution in [0.3, 0.4) is 0 Å². The average molecular weight is 202 g/mol. The van der Waals surface area contributed by atoms with Crippen LogP contribution in [-0.4, -0.2) is 20.7 Å². The second-order valence-electron chi connectivity index (χ2n) is 3.22. The topological polar surface area (TPSA) is 55.1 Å². The SMILES string of the molecule is CC(=O)c1cnn(-c2ccccc2O)c1. The molecule has 0 fully saturated rings. The Morgan fingerprint density at radius 1 is 1.40 bits per heavy atom. The molecule has 15 heavy (non-hydrogen) atoms. The molecule has 4 nitrogen and oxygen atoms in total. The van der Waals surface area contributed by atoms with Gasteiger partial charge in [-0.15, -0.1) is 0 Å². The highest BCUT2D eigenvalue weighted by Gasteiger charge is 2.06. The van der Waals surface area contributed by atoms with Gasteiger partial charge in [0.25, 0.3) is 0 Å². The molecule has 4 heteroatoms. The van der Waals surface area contributed by atoms with Crippen molar-refractivity contribution in [2.24, 2.45) is 0 Å². The van der Waals surface area contributed by atoms with Gasteiger partial charge in [-0.1, -0.05) is 12.1 Å². The van der Waals surface area contributed by atoms with Crippen molar-refractivity contribution < 1.29 is 9.90 Å². The molecule has 2 aromatic rings. The third-order valence-corrected chi connectivity index (χ3v) is 2.12. The Morgan fingerprint density at radius 3 is 2.73 bits per heavy atom. The molecule has 0 aliphatic carbocycles. The van der Waals surface area contributed by atoms with Gasteiger partial charge >= 0.3 is 0 Å². The Morgan fingerprint density at radius 2 is 2.13 bits per heavy atom. The maximum atomic E-state index is 11.1. The third kappa shape index (κ3) is 1.74. The zero-order chi connectivity index (χ0) is 10.8. The van der Waals surface area contributed by atoms with Crippen LogP contribution in [0.5, 0.6) is 5.75 Å². The van der Waals surface area contributed by atoms with Crippen LogP contribution in [0, 0.1) is 0 Å². The Labute approximate surface area is 86.8 Å². The van der Waals surface area contributed by atoms with Crippen molar-refractivity contribution in [3.05, 3.63) is 42.2 Å². The fraction of sp³-hybridized carbons (Fsp3) is 0.0909. The van der Waals surface area contributed by atoms with E-state index in [0.29, 0.717) is 11.3 Å². The van der Waals surface area contributed by atoms with Gasteiger partial charge in [0.2, 0.25) is 0 Å². The lowest BCUT2D eigenvalue weighted by molar-refractivity contribution is 0.101. The summed E-state index contributed by atoms with van der Waals surface area (Å²) in [6.07, 6.45) is 3.08. The first kappa shape index (κ1) is 9.45. The molecule has 2 rings (SSSR count). The molecule has 0 saturated heterocycles. The number of hydrogen-bond donors (Lipinski definition) is 1. The highest BCUT2D eigenvalue weighted by atomic mass is 16.3.